The summed E-state index contributed by atoms with van der Waals surface area (Å²) >= 11 is 8.13. The number of aldehydes is 1. The molecule has 318 valence electrons. The number of hydrogen-bond donors (Lipinski definition) is 3. The maximum Gasteiger partial charge on any atom is 0.458 e. The van der Waals surface area contributed by atoms with Crippen molar-refractivity contribution in [1.82, 2.24) is 19.9 Å². The van der Waals surface area contributed by atoms with Crippen molar-refractivity contribution < 1.29 is 58.7 Å². The predicted octanol–water partition coefficient (Wildman–Crippen LogP) is 8.96. The van der Waals surface area contributed by atoms with Crippen LogP contribution in [0.3, 0.4) is 0 Å². The zero-order valence-corrected chi connectivity index (χ0v) is 32.1. The highest BCUT2D eigenvalue weighted by molar-refractivity contribution is 7.22. The number of Topliss-reactive ketones (excluding diaryl/α,β-unsaturated/α-hetero) is 2. The Bertz CT molecular complexity index is 2300. The number of alkyl halides is 9. The van der Waals surface area contributed by atoms with E-state index in [1.54, 1.807) is 23.7 Å². The van der Waals surface area contributed by atoms with Crippen molar-refractivity contribution in [2.75, 3.05) is 33.9 Å². The van der Waals surface area contributed by atoms with Crippen LogP contribution < -0.4 is 20.9 Å². The van der Waals surface area contributed by atoms with Gasteiger partial charge >= 0.3 is 30.1 Å². The molecule has 0 spiro atoms. The summed E-state index contributed by atoms with van der Waals surface area (Å²) in [5.41, 5.74) is 5.57. The number of pyridine rings is 1. The topological polar surface area (TPSA) is 159 Å². The smallest absolute Gasteiger partial charge is 0.348 e. The summed E-state index contributed by atoms with van der Waals surface area (Å²) in [6, 6.07) is 16.2. The van der Waals surface area contributed by atoms with Gasteiger partial charge in [0.15, 0.2) is 10.9 Å². The molecule has 60 heavy (non-hydrogen) atoms. The molecular formula is C37H30ClF9N8O4S. The average Bonchev–Trinajstić information content (AvgIpc) is 3.63. The van der Waals surface area contributed by atoms with Crippen LogP contribution in [0.1, 0.15) is 30.4 Å². The molecule has 0 aliphatic carbocycles. The van der Waals surface area contributed by atoms with E-state index in [4.69, 9.17) is 21.4 Å². The Morgan fingerprint density at radius 1 is 0.883 bits per heavy atom. The number of rotatable bonds is 5. The van der Waals surface area contributed by atoms with Crippen LogP contribution in [0.25, 0.3) is 10.2 Å². The van der Waals surface area contributed by atoms with Crippen molar-refractivity contribution >= 4 is 90.9 Å². The lowest BCUT2D eigenvalue weighted by atomic mass is 9.94. The van der Waals surface area contributed by atoms with Gasteiger partial charge in [-0.3, -0.25) is 24.2 Å². The fraction of sp³-hybridized carbons (Fsp3) is 0.297. The molecule has 23 heteroatoms. The van der Waals surface area contributed by atoms with E-state index < -0.39 is 36.4 Å². The lowest BCUT2D eigenvalue weighted by molar-refractivity contribution is -0.193. The number of aryl methyl sites for hydroxylation is 2. The van der Waals surface area contributed by atoms with Crippen LogP contribution in [0, 0.1) is 5.92 Å². The number of nitrogens with one attached hydrogen (secondary N) is 3. The van der Waals surface area contributed by atoms with E-state index in [1.807, 2.05) is 42.6 Å². The van der Waals surface area contributed by atoms with E-state index in [1.165, 1.54) is 4.70 Å². The zero-order chi connectivity index (χ0) is 43.8. The van der Waals surface area contributed by atoms with Crippen molar-refractivity contribution in [2.24, 2.45) is 5.92 Å². The Morgan fingerprint density at radius 2 is 1.58 bits per heavy atom. The molecule has 2 aliphatic heterocycles. The molecule has 3 N–H and O–H groups in total. The molecule has 5 heterocycles. The molecule has 2 aliphatic rings. The molecule has 7 rings (SSSR count). The van der Waals surface area contributed by atoms with Gasteiger partial charge in [0.05, 0.1) is 28.3 Å². The molecule has 1 atom stereocenters. The zero-order valence-electron chi connectivity index (χ0n) is 30.5. The maximum absolute atomic E-state index is 13.4. The summed E-state index contributed by atoms with van der Waals surface area (Å²) in [7, 11) is 0. The van der Waals surface area contributed by atoms with Gasteiger partial charge in [-0.1, -0.05) is 35.1 Å². The van der Waals surface area contributed by atoms with Gasteiger partial charge in [0.2, 0.25) is 18.1 Å². The molecule has 12 nitrogen and oxygen atoms in total. The molecule has 0 radical (unpaired) electrons. The maximum atomic E-state index is 13.4. The number of carbonyl (C=O) groups is 4. The van der Waals surface area contributed by atoms with Crippen LogP contribution in [-0.2, 0) is 32.0 Å². The van der Waals surface area contributed by atoms with Crippen LogP contribution in [0.15, 0.2) is 67.1 Å². The number of halogens is 10. The highest BCUT2D eigenvalue weighted by atomic mass is 35.5. The van der Waals surface area contributed by atoms with Crippen LogP contribution in [0.5, 0.6) is 0 Å². The molecule has 5 aromatic rings. The van der Waals surface area contributed by atoms with Crippen molar-refractivity contribution in [3.8, 4) is 0 Å². The second-order valence-electron chi connectivity index (χ2n) is 13.1. The molecule has 1 saturated heterocycles. The third kappa shape index (κ3) is 12.8. The molecule has 0 saturated carbocycles. The predicted molar refractivity (Wildman–Crippen MR) is 204 cm³/mol. The fourth-order valence-corrected chi connectivity index (χ4v) is 7.01. The summed E-state index contributed by atoms with van der Waals surface area (Å²) < 4.78 is 99.4. The van der Waals surface area contributed by atoms with E-state index in [2.05, 4.69) is 47.9 Å². The van der Waals surface area contributed by atoms with Gasteiger partial charge in [0.1, 0.15) is 5.02 Å². The van der Waals surface area contributed by atoms with Crippen LogP contribution >= 0.6 is 22.9 Å². The first-order chi connectivity index (χ1) is 28.2. The average molecular weight is 889 g/mol. The van der Waals surface area contributed by atoms with Crippen molar-refractivity contribution in [1.29, 1.82) is 0 Å². The minimum Gasteiger partial charge on any atom is -0.348 e. The fourth-order valence-electron chi connectivity index (χ4n) is 5.87. The second-order valence-corrected chi connectivity index (χ2v) is 14.5. The van der Waals surface area contributed by atoms with Crippen LogP contribution in [-0.4, -0.2) is 75.3 Å². The Kier molecular flexibility index (Phi) is 14.3. The van der Waals surface area contributed by atoms with Crippen molar-refractivity contribution in [3.05, 3.63) is 83.3 Å². The largest absolute Gasteiger partial charge is 0.458 e. The van der Waals surface area contributed by atoms with Crippen molar-refractivity contribution in [2.45, 2.75) is 50.6 Å². The lowest BCUT2D eigenvalue weighted by Gasteiger charge is -2.32. The Hall–Kier alpha value is -5.90. The number of carbonyl (C=O) groups excluding carboxylic acids is 4. The van der Waals surface area contributed by atoms with Gasteiger partial charge in [0, 0.05) is 37.1 Å². The van der Waals surface area contributed by atoms with E-state index in [0.29, 0.717) is 23.2 Å². The lowest BCUT2D eigenvalue weighted by Crippen LogP contribution is -2.39. The Labute approximate surface area is 342 Å². The number of thiazole rings is 1. The van der Waals surface area contributed by atoms with Crippen LogP contribution in [0.2, 0.25) is 5.02 Å². The minimum atomic E-state index is -5.77. The van der Waals surface area contributed by atoms with Crippen molar-refractivity contribution in [3.63, 3.8) is 0 Å². The number of para-hydroxylation sites is 1. The number of benzene rings is 2. The number of aromatic nitrogens is 4. The van der Waals surface area contributed by atoms with E-state index in [-0.39, 0.29) is 11.8 Å². The van der Waals surface area contributed by atoms with E-state index in [0.717, 1.165) is 77.6 Å². The Morgan fingerprint density at radius 3 is 2.25 bits per heavy atom. The number of ketones is 2. The number of anilines is 6. The van der Waals surface area contributed by atoms with Gasteiger partial charge < -0.3 is 20.9 Å². The van der Waals surface area contributed by atoms with Gasteiger partial charge in [0.25, 0.3) is 0 Å². The standard InChI is InChI=1S/C31H29ClN8OS.C4F6O2.C2HF3O/c32-24-17-34-30-36-23-12-19(15-33-16-23)7-8-21-14-22(35-29(24)39-30)9-10-25(21)37-28(41)13-20-4-3-11-40(18-20)31-38-26-5-1-2-6-27(26)42-31;5-3(6,7)1(11)2(12)4(8,9)10;3-2(4,5)1-6/h1-2,5-6,9-10,12,14-17,20H,3-4,7-8,11,13,18H2,(H,37,41)(H2,34,35,36,39);;1H/t20-;;/m1../s1. The molecule has 2 aromatic carbocycles. The SMILES string of the molecule is O=C(C(=O)C(F)(F)F)C(F)(F)F.O=C(C[C@H]1CCCN(c2nc3ccccc3s2)C1)Nc1ccc2cc1CCc1cncc(c1)Nc1ncc(Cl)c(n1)N2.O=CC(F)(F)F. The number of amides is 1. The Balaban J connectivity index is 0.000000319. The minimum absolute atomic E-state index is 0.0300. The van der Waals surface area contributed by atoms with Gasteiger partial charge in [-0.05, 0) is 79.1 Å². The summed E-state index contributed by atoms with van der Waals surface area (Å²) in [6.45, 7) is 1.81. The first-order valence-electron chi connectivity index (χ1n) is 17.5. The normalized spacial score (nSPS) is 15.2. The third-order valence-electron chi connectivity index (χ3n) is 8.52. The van der Waals surface area contributed by atoms with E-state index in [9.17, 15) is 53.9 Å². The number of piperidine rings is 1. The number of hydrogen-bond acceptors (Lipinski definition) is 12. The summed E-state index contributed by atoms with van der Waals surface area (Å²) in [6.07, 6.45) is -8.05. The number of fused-ring (bicyclic) bond motifs is 7. The summed E-state index contributed by atoms with van der Waals surface area (Å²) in [5.74, 6) is -5.59. The third-order valence-corrected chi connectivity index (χ3v) is 9.89. The van der Waals surface area contributed by atoms with E-state index >= 15 is 0 Å². The number of nitrogens with zero attached hydrogens (tertiary/aromatic N) is 5. The molecule has 3 aromatic heterocycles. The van der Waals surface area contributed by atoms with Crippen LogP contribution in [0.4, 0.5) is 73.5 Å². The molecule has 1 amide bonds. The van der Waals surface area contributed by atoms with Gasteiger partial charge in [-0.25, -0.2) is 9.97 Å². The molecule has 6 bridgehead atoms. The van der Waals surface area contributed by atoms with Gasteiger partial charge in [-0.2, -0.15) is 44.5 Å². The molecule has 1 fully saturated rings. The summed E-state index contributed by atoms with van der Waals surface area (Å²) in [4.78, 5) is 61.7. The highest BCUT2D eigenvalue weighted by Gasteiger charge is 2.54. The monoisotopic (exact) mass is 888 g/mol. The summed E-state index contributed by atoms with van der Waals surface area (Å²) in [5, 5.41) is 11.2. The molecular weight excluding hydrogens is 859 g/mol. The quantitative estimate of drug-likeness (QED) is 0.0879. The highest BCUT2D eigenvalue weighted by Crippen LogP contribution is 2.33. The first kappa shape index (κ1) is 45.2. The molecule has 0 unspecified atom stereocenters. The first-order valence-corrected chi connectivity index (χ1v) is 18.7. The second kappa shape index (κ2) is 19.0. The van der Waals surface area contributed by atoms with Gasteiger partial charge in [-0.15, -0.1) is 0 Å².